The lowest BCUT2D eigenvalue weighted by Gasteiger charge is -2.10. The predicted octanol–water partition coefficient (Wildman–Crippen LogP) is 3.04. The van der Waals surface area contributed by atoms with Crippen LogP contribution in [0.15, 0.2) is 18.3 Å². The minimum absolute atomic E-state index is 0.405. The molecule has 1 unspecified atom stereocenters. The number of hydrogen-bond acceptors (Lipinski definition) is 3. The molecule has 0 radical (unpaired) electrons. The summed E-state index contributed by atoms with van der Waals surface area (Å²) >= 11 is 5.83. The first-order valence-corrected chi connectivity index (χ1v) is 6.02. The molecule has 0 fully saturated rings. The Bertz CT molecular complexity index is 504. The molecule has 0 N–H and O–H groups in total. The maximum absolute atomic E-state index is 5.83. The van der Waals surface area contributed by atoms with Gasteiger partial charge in [-0.3, -0.25) is 9.67 Å². The molecular weight excluding hydrogens is 236 g/mol. The van der Waals surface area contributed by atoms with Crippen molar-refractivity contribution in [3.8, 4) is 11.4 Å². The van der Waals surface area contributed by atoms with Crippen LogP contribution < -0.4 is 0 Å². The lowest BCUT2D eigenvalue weighted by Crippen LogP contribution is -2.03. The second-order valence-corrected chi connectivity index (χ2v) is 4.55. The van der Waals surface area contributed by atoms with Crippen LogP contribution in [-0.2, 0) is 7.05 Å². The number of rotatable bonds is 3. The molecule has 0 bridgehead atoms. The minimum Gasteiger partial charge on any atom is -0.253 e. The summed E-state index contributed by atoms with van der Waals surface area (Å²) in [6, 6.07) is 3.69. The highest BCUT2D eigenvalue weighted by molar-refractivity contribution is 6.30. The maximum atomic E-state index is 5.83. The molecule has 17 heavy (non-hydrogen) atoms. The highest BCUT2D eigenvalue weighted by atomic mass is 35.5. The Morgan fingerprint density at radius 3 is 2.76 bits per heavy atom. The van der Waals surface area contributed by atoms with E-state index in [-0.39, 0.29) is 0 Å². The van der Waals surface area contributed by atoms with Gasteiger partial charge in [-0.2, -0.15) is 0 Å². The van der Waals surface area contributed by atoms with Gasteiger partial charge in [0.25, 0.3) is 0 Å². The van der Waals surface area contributed by atoms with E-state index < -0.39 is 0 Å². The molecule has 2 rings (SSSR count). The Labute approximate surface area is 106 Å². The van der Waals surface area contributed by atoms with Crippen molar-refractivity contribution in [1.82, 2.24) is 20.0 Å². The number of pyridine rings is 1. The summed E-state index contributed by atoms with van der Waals surface area (Å²) < 4.78 is 1.82. The number of aryl methyl sites for hydroxylation is 1. The number of aromatic nitrogens is 4. The van der Waals surface area contributed by atoms with Gasteiger partial charge in [-0.15, -0.1) is 5.10 Å². The number of nitrogens with zero attached hydrogens (tertiary/aromatic N) is 4. The van der Waals surface area contributed by atoms with E-state index >= 15 is 0 Å². The molecule has 0 amide bonds. The first-order chi connectivity index (χ1) is 8.13. The van der Waals surface area contributed by atoms with Crippen LogP contribution in [0.5, 0.6) is 0 Å². The average Bonchev–Trinajstić information content (AvgIpc) is 2.71. The van der Waals surface area contributed by atoms with Crippen molar-refractivity contribution in [2.75, 3.05) is 0 Å². The van der Waals surface area contributed by atoms with E-state index in [1.165, 1.54) is 0 Å². The Morgan fingerprint density at radius 2 is 2.18 bits per heavy atom. The van der Waals surface area contributed by atoms with Gasteiger partial charge in [0.1, 0.15) is 5.69 Å². The van der Waals surface area contributed by atoms with Gasteiger partial charge in [0.2, 0.25) is 0 Å². The van der Waals surface area contributed by atoms with Crippen molar-refractivity contribution in [3.05, 3.63) is 29.0 Å². The van der Waals surface area contributed by atoms with Crippen molar-refractivity contribution >= 4 is 11.6 Å². The zero-order valence-corrected chi connectivity index (χ0v) is 10.9. The molecular formula is C12H15ClN4. The third kappa shape index (κ3) is 2.31. The maximum Gasteiger partial charge on any atom is 0.134 e. The molecule has 2 aromatic heterocycles. The van der Waals surface area contributed by atoms with Gasteiger partial charge in [0.05, 0.1) is 16.4 Å². The molecule has 0 spiro atoms. The fourth-order valence-electron chi connectivity index (χ4n) is 1.81. The Kier molecular flexibility index (Phi) is 3.43. The van der Waals surface area contributed by atoms with Crippen LogP contribution in [0.25, 0.3) is 11.4 Å². The topological polar surface area (TPSA) is 43.6 Å². The van der Waals surface area contributed by atoms with Gasteiger partial charge in [0.15, 0.2) is 0 Å². The second kappa shape index (κ2) is 4.84. The quantitative estimate of drug-likeness (QED) is 0.841. The van der Waals surface area contributed by atoms with E-state index in [1.807, 2.05) is 23.9 Å². The van der Waals surface area contributed by atoms with E-state index in [4.69, 9.17) is 11.6 Å². The number of halogens is 1. The summed E-state index contributed by atoms with van der Waals surface area (Å²) in [7, 11) is 1.91. The SMILES string of the molecule is CCC(C)c1c(-c2ccc(Cl)cn2)nnn1C. The van der Waals surface area contributed by atoms with Crippen LogP contribution in [0, 0.1) is 0 Å². The molecule has 1 atom stereocenters. The van der Waals surface area contributed by atoms with Crippen LogP contribution in [0.3, 0.4) is 0 Å². The van der Waals surface area contributed by atoms with Crippen molar-refractivity contribution in [2.24, 2.45) is 7.05 Å². The highest BCUT2D eigenvalue weighted by Crippen LogP contribution is 2.27. The van der Waals surface area contributed by atoms with E-state index in [9.17, 15) is 0 Å². The summed E-state index contributed by atoms with van der Waals surface area (Å²) in [6.07, 6.45) is 2.67. The van der Waals surface area contributed by atoms with E-state index in [0.717, 1.165) is 23.5 Å². The molecule has 2 aromatic rings. The molecule has 2 heterocycles. The van der Waals surface area contributed by atoms with E-state index in [2.05, 4.69) is 29.1 Å². The van der Waals surface area contributed by atoms with Gasteiger partial charge in [-0.1, -0.05) is 30.7 Å². The summed E-state index contributed by atoms with van der Waals surface area (Å²) in [5, 5.41) is 8.90. The second-order valence-electron chi connectivity index (χ2n) is 4.12. The Morgan fingerprint density at radius 1 is 1.41 bits per heavy atom. The van der Waals surface area contributed by atoms with E-state index in [1.54, 1.807) is 6.20 Å². The zero-order chi connectivity index (χ0) is 12.4. The fourth-order valence-corrected chi connectivity index (χ4v) is 1.92. The van der Waals surface area contributed by atoms with Crippen molar-refractivity contribution in [2.45, 2.75) is 26.2 Å². The summed E-state index contributed by atoms with van der Waals surface area (Å²) in [6.45, 7) is 4.31. The van der Waals surface area contributed by atoms with Gasteiger partial charge in [-0.05, 0) is 18.6 Å². The first-order valence-electron chi connectivity index (χ1n) is 5.65. The molecule has 0 saturated heterocycles. The molecule has 90 valence electrons. The van der Waals surface area contributed by atoms with Crippen LogP contribution in [0.2, 0.25) is 5.02 Å². The summed E-state index contributed by atoms with van der Waals surface area (Å²) in [5.74, 6) is 0.405. The molecule has 4 nitrogen and oxygen atoms in total. The van der Waals surface area contributed by atoms with E-state index in [0.29, 0.717) is 10.9 Å². The van der Waals surface area contributed by atoms with Gasteiger partial charge < -0.3 is 0 Å². The Balaban J connectivity index is 2.49. The fraction of sp³-hybridized carbons (Fsp3) is 0.417. The van der Waals surface area contributed by atoms with Crippen LogP contribution >= 0.6 is 11.6 Å². The molecule has 5 heteroatoms. The summed E-state index contributed by atoms with van der Waals surface area (Å²) in [4.78, 5) is 4.29. The monoisotopic (exact) mass is 250 g/mol. The molecule has 0 aliphatic carbocycles. The normalized spacial score (nSPS) is 12.7. The van der Waals surface area contributed by atoms with Gasteiger partial charge in [-0.25, -0.2) is 0 Å². The smallest absolute Gasteiger partial charge is 0.134 e. The van der Waals surface area contributed by atoms with Gasteiger partial charge in [0, 0.05) is 19.2 Å². The number of hydrogen-bond donors (Lipinski definition) is 0. The predicted molar refractivity (Wildman–Crippen MR) is 68.0 cm³/mol. The summed E-state index contributed by atoms with van der Waals surface area (Å²) in [5.41, 5.74) is 2.78. The lowest BCUT2D eigenvalue weighted by atomic mass is 10.0. The zero-order valence-electron chi connectivity index (χ0n) is 10.2. The minimum atomic E-state index is 0.405. The third-order valence-electron chi connectivity index (χ3n) is 2.92. The lowest BCUT2D eigenvalue weighted by molar-refractivity contribution is 0.614. The van der Waals surface area contributed by atoms with Gasteiger partial charge >= 0.3 is 0 Å². The average molecular weight is 251 g/mol. The molecule has 0 aliphatic heterocycles. The highest BCUT2D eigenvalue weighted by Gasteiger charge is 2.18. The van der Waals surface area contributed by atoms with Crippen LogP contribution in [-0.4, -0.2) is 20.0 Å². The molecule has 0 saturated carbocycles. The van der Waals surface area contributed by atoms with Crippen molar-refractivity contribution in [1.29, 1.82) is 0 Å². The third-order valence-corrected chi connectivity index (χ3v) is 3.14. The largest absolute Gasteiger partial charge is 0.253 e. The van der Waals surface area contributed by atoms with Crippen LogP contribution in [0.4, 0.5) is 0 Å². The van der Waals surface area contributed by atoms with Crippen LogP contribution in [0.1, 0.15) is 31.9 Å². The Hall–Kier alpha value is -1.42. The molecule has 0 aromatic carbocycles. The van der Waals surface area contributed by atoms with Crippen molar-refractivity contribution < 1.29 is 0 Å². The molecule has 0 aliphatic rings. The first kappa shape index (κ1) is 12.0. The standard InChI is InChI=1S/C12H15ClN4/c1-4-8(2)12-11(15-16-17(12)3)10-6-5-9(13)7-14-10/h5-8H,4H2,1-3H3. The van der Waals surface area contributed by atoms with Crippen molar-refractivity contribution in [3.63, 3.8) is 0 Å².